The average Bonchev–Trinajstić information content (AvgIpc) is 2.70. The Hall–Kier alpha value is -1.44. The van der Waals surface area contributed by atoms with E-state index in [9.17, 15) is 8.78 Å². The fourth-order valence-corrected chi connectivity index (χ4v) is 2.00. The lowest BCUT2D eigenvalue weighted by atomic mass is 10.1. The normalized spacial score (nSPS) is 23.4. The van der Waals surface area contributed by atoms with E-state index in [1.807, 2.05) is 19.9 Å². The van der Waals surface area contributed by atoms with Crippen molar-refractivity contribution in [2.45, 2.75) is 44.6 Å². The maximum Gasteiger partial charge on any atom is 0.253 e. The lowest BCUT2D eigenvalue weighted by Crippen LogP contribution is -2.15. The summed E-state index contributed by atoms with van der Waals surface area (Å²) in [4.78, 5) is 0. The van der Waals surface area contributed by atoms with E-state index >= 15 is 0 Å². The van der Waals surface area contributed by atoms with Crippen molar-refractivity contribution in [1.82, 2.24) is 9.78 Å². The summed E-state index contributed by atoms with van der Waals surface area (Å²) in [5.41, 5.74) is 1.01. The van der Waals surface area contributed by atoms with E-state index in [1.165, 1.54) is 4.68 Å². The van der Waals surface area contributed by atoms with Crippen LogP contribution in [0.1, 0.15) is 44.2 Å². The first-order valence-corrected chi connectivity index (χ1v) is 5.74. The Kier molecular flexibility index (Phi) is 2.90. The van der Waals surface area contributed by atoms with Crippen LogP contribution in [0.15, 0.2) is 12.4 Å². The molecule has 2 rings (SSSR count). The van der Waals surface area contributed by atoms with Gasteiger partial charge in [-0.25, -0.2) is 8.78 Å². The number of nitrogens with zero attached hydrogens (tertiary/aromatic N) is 3. The van der Waals surface area contributed by atoms with E-state index in [1.54, 1.807) is 12.4 Å². The molecule has 0 saturated heterocycles. The van der Waals surface area contributed by atoms with Crippen molar-refractivity contribution in [1.29, 1.82) is 5.26 Å². The van der Waals surface area contributed by atoms with Crippen molar-refractivity contribution in [2.24, 2.45) is 5.92 Å². The van der Waals surface area contributed by atoms with Crippen molar-refractivity contribution in [3.63, 3.8) is 0 Å². The average molecular weight is 239 g/mol. The van der Waals surface area contributed by atoms with Gasteiger partial charge in [0.25, 0.3) is 5.92 Å². The molecule has 2 atom stereocenters. The van der Waals surface area contributed by atoms with E-state index in [0.717, 1.165) is 5.56 Å². The predicted molar refractivity (Wildman–Crippen MR) is 58.6 cm³/mol. The van der Waals surface area contributed by atoms with Crippen LogP contribution in [-0.4, -0.2) is 15.7 Å². The fraction of sp³-hybridized carbons (Fsp3) is 0.667. The van der Waals surface area contributed by atoms with Crippen LogP contribution in [0.5, 0.6) is 0 Å². The molecule has 1 aromatic rings. The molecule has 5 heteroatoms. The minimum Gasteiger partial charge on any atom is -0.268 e. The van der Waals surface area contributed by atoms with Gasteiger partial charge in [-0.15, -0.1) is 0 Å². The molecule has 0 bridgehead atoms. The molecule has 17 heavy (non-hydrogen) atoms. The lowest BCUT2D eigenvalue weighted by Gasteiger charge is -2.13. The molecule has 0 radical (unpaired) electrons. The second-order valence-electron chi connectivity index (χ2n) is 4.91. The molecule has 1 aliphatic carbocycles. The first kappa shape index (κ1) is 12.0. The highest BCUT2D eigenvalue weighted by Crippen LogP contribution is 2.55. The molecule has 1 heterocycles. The van der Waals surface area contributed by atoms with E-state index in [4.69, 9.17) is 5.26 Å². The van der Waals surface area contributed by atoms with Crippen molar-refractivity contribution in [2.75, 3.05) is 0 Å². The maximum atomic E-state index is 13.1. The first-order chi connectivity index (χ1) is 7.95. The summed E-state index contributed by atoms with van der Waals surface area (Å²) in [5.74, 6) is -3.04. The first-order valence-electron chi connectivity index (χ1n) is 5.74. The molecule has 1 aliphatic rings. The Labute approximate surface area is 99.0 Å². The highest BCUT2D eigenvalue weighted by atomic mass is 19.3. The maximum absolute atomic E-state index is 13.1. The highest BCUT2D eigenvalue weighted by Gasteiger charge is 2.61. The number of alkyl halides is 2. The van der Waals surface area contributed by atoms with Crippen molar-refractivity contribution in [3.05, 3.63) is 18.0 Å². The number of rotatable bonds is 4. The summed E-state index contributed by atoms with van der Waals surface area (Å²) in [6.07, 6.45) is 3.42. The second-order valence-corrected chi connectivity index (χ2v) is 4.91. The molecule has 0 N–H and O–H groups in total. The van der Waals surface area contributed by atoms with E-state index in [2.05, 4.69) is 5.10 Å². The third-order valence-electron chi connectivity index (χ3n) is 3.27. The molecule has 1 fully saturated rings. The Balaban J connectivity index is 2.19. The number of hydrogen-bond donors (Lipinski definition) is 0. The molecular formula is C12H15F2N3. The number of aromatic nitrogens is 2. The zero-order valence-corrected chi connectivity index (χ0v) is 9.90. The lowest BCUT2D eigenvalue weighted by molar-refractivity contribution is 0.0847. The van der Waals surface area contributed by atoms with Gasteiger partial charge in [0, 0.05) is 12.6 Å². The van der Waals surface area contributed by atoms with Crippen molar-refractivity contribution in [3.8, 4) is 6.07 Å². The quantitative estimate of drug-likeness (QED) is 0.810. The molecular weight excluding hydrogens is 224 g/mol. The molecule has 1 aromatic heterocycles. The third-order valence-corrected chi connectivity index (χ3v) is 3.27. The molecule has 1 saturated carbocycles. The zero-order chi connectivity index (χ0) is 12.6. The number of nitriles is 1. The smallest absolute Gasteiger partial charge is 0.253 e. The minimum atomic E-state index is -2.62. The summed E-state index contributed by atoms with van der Waals surface area (Å²) in [5, 5.41) is 12.8. The summed E-state index contributed by atoms with van der Waals surface area (Å²) in [7, 11) is 0. The van der Waals surface area contributed by atoms with E-state index in [-0.39, 0.29) is 12.8 Å². The van der Waals surface area contributed by atoms with Gasteiger partial charge < -0.3 is 0 Å². The van der Waals surface area contributed by atoms with Gasteiger partial charge in [0.15, 0.2) is 0 Å². The third kappa shape index (κ3) is 2.31. The van der Waals surface area contributed by atoms with Gasteiger partial charge >= 0.3 is 0 Å². The molecule has 0 aromatic carbocycles. The summed E-state index contributed by atoms with van der Waals surface area (Å²) in [6, 6.07) is 1.47. The van der Waals surface area contributed by atoms with Crippen LogP contribution in [0, 0.1) is 17.2 Å². The van der Waals surface area contributed by atoms with Gasteiger partial charge in [-0.2, -0.15) is 10.4 Å². The highest BCUT2D eigenvalue weighted by molar-refractivity contribution is 5.11. The molecule has 0 amide bonds. The van der Waals surface area contributed by atoms with Gasteiger partial charge in [0.05, 0.1) is 30.6 Å². The molecule has 92 valence electrons. The Bertz CT molecular complexity index is 445. The topological polar surface area (TPSA) is 41.6 Å². The summed E-state index contributed by atoms with van der Waals surface area (Å²) < 4.78 is 27.7. The Morgan fingerprint density at radius 1 is 1.65 bits per heavy atom. The Morgan fingerprint density at radius 3 is 2.71 bits per heavy atom. The van der Waals surface area contributed by atoms with Gasteiger partial charge in [0.1, 0.15) is 0 Å². The van der Waals surface area contributed by atoms with Gasteiger partial charge in [-0.3, -0.25) is 4.68 Å². The summed E-state index contributed by atoms with van der Waals surface area (Å²) >= 11 is 0. The molecule has 3 nitrogen and oxygen atoms in total. The molecule has 0 spiro atoms. The monoisotopic (exact) mass is 239 g/mol. The van der Waals surface area contributed by atoms with Gasteiger partial charge in [-0.05, 0) is 11.5 Å². The van der Waals surface area contributed by atoms with Crippen LogP contribution in [0.3, 0.4) is 0 Å². The second kappa shape index (κ2) is 4.10. The van der Waals surface area contributed by atoms with Crippen LogP contribution in [0.25, 0.3) is 0 Å². The standard InChI is InChI=1S/C12H15F2N3/c1-8(2)9-6-16-17(7-9)11(3-4-15)10-5-12(10,13)14/h6-8,10-11H,3,5H2,1-2H3. The minimum absolute atomic E-state index is 0.0828. The van der Waals surface area contributed by atoms with Crippen LogP contribution >= 0.6 is 0 Å². The number of halogens is 2. The largest absolute Gasteiger partial charge is 0.268 e. The van der Waals surface area contributed by atoms with Crippen LogP contribution in [0.4, 0.5) is 8.78 Å². The predicted octanol–water partition coefficient (Wildman–Crippen LogP) is 3.12. The van der Waals surface area contributed by atoms with Gasteiger partial charge in [-0.1, -0.05) is 13.8 Å². The number of hydrogen-bond acceptors (Lipinski definition) is 2. The summed E-state index contributed by atoms with van der Waals surface area (Å²) in [6.45, 7) is 4.04. The SMILES string of the molecule is CC(C)c1cnn(C(CC#N)C2CC2(F)F)c1. The van der Waals surface area contributed by atoms with Crippen molar-refractivity contribution < 1.29 is 8.78 Å². The van der Waals surface area contributed by atoms with Crippen molar-refractivity contribution >= 4 is 0 Å². The fourth-order valence-electron chi connectivity index (χ4n) is 2.00. The zero-order valence-electron chi connectivity index (χ0n) is 9.90. The van der Waals surface area contributed by atoms with Crippen LogP contribution in [0.2, 0.25) is 0 Å². The van der Waals surface area contributed by atoms with Crippen LogP contribution in [-0.2, 0) is 0 Å². The van der Waals surface area contributed by atoms with E-state index in [0.29, 0.717) is 5.92 Å². The molecule has 2 unspecified atom stereocenters. The van der Waals surface area contributed by atoms with Gasteiger partial charge in [0.2, 0.25) is 0 Å². The Morgan fingerprint density at radius 2 is 2.29 bits per heavy atom. The van der Waals surface area contributed by atoms with E-state index < -0.39 is 17.9 Å². The molecule has 0 aliphatic heterocycles. The van der Waals surface area contributed by atoms with Crippen LogP contribution < -0.4 is 0 Å².